The van der Waals surface area contributed by atoms with E-state index in [1.165, 1.54) is 6.07 Å². The molecule has 38 heavy (non-hydrogen) atoms. The number of para-hydroxylation sites is 1. The van der Waals surface area contributed by atoms with E-state index in [0.717, 1.165) is 16.5 Å². The lowest BCUT2D eigenvalue weighted by molar-refractivity contribution is 0.00706. The van der Waals surface area contributed by atoms with Crippen LogP contribution in [0.3, 0.4) is 0 Å². The van der Waals surface area contributed by atoms with Crippen molar-refractivity contribution in [3.05, 3.63) is 87.8 Å². The van der Waals surface area contributed by atoms with Crippen LogP contribution in [0.2, 0.25) is 0 Å². The first-order valence-electron chi connectivity index (χ1n) is 12.5. The predicted molar refractivity (Wildman–Crippen MR) is 148 cm³/mol. The van der Waals surface area contributed by atoms with Gasteiger partial charge >= 0.3 is 5.97 Å². The fourth-order valence-corrected chi connectivity index (χ4v) is 4.50. The van der Waals surface area contributed by atoms with Crippen molar-refractivity contribution in [3.63, 3.8) is 0 Å². The van der Waals surface area contributed by atoms with Gasteiger partial charge < -0.3 is 14.5 Å². The van der Waals surface area contributed by atoms with Gasteiger partial charge in [0.15, 0.2) is 11.1 Å². The zero-order valence-corrected chi connectivity index (χ0v) is 22.3. The number of aromatic nitrogens is 3. The van der Waals surface area contributed by atoms with Gasteiger partial charge in [-0.2, -0.15) is 5.10 Å². The zero-order valence-electron chi connectivity index (χ0n) is 22.3. The number of nitrogens with zero attached hydrogens (tertiary/aromatic N) is 3. The summed E-state index contributed by atoms with van der Waals surface area (Å²) in [6.45, 7) is 9.42. The molecule has 1 unspecified atom stereocenters. The highest BCUT2D eigenvalue weighted by Gasteiger charge is 2.22. The van der Waals surface area contributed by atoms with Crippen LogP contribution in [0.15, 0.2) is 70.1 Å². The van der Waals surface area contributed by atoms with Gasteiger partial charge in [0.1, 0.15) is 16.9 Å². The molecule has 8 nitrogen and oxygen atoms in total. The van der Waals surface area contributed by atoms with Gasteiger partial charge in [-0.15, -0.1) is 0 Å². The summed E-state index contributed by atoms with van der Waals surface area (Å²) in [5.74, 6) is 0.0150. The van der Waals surface area contributed by atoms with E-state index < -0.39 is 11.6 Å². The Hall–Kier alpha value is -4.46. The molecule has 8 heteroatoms. The van der Waals surface area contributed by atoms with Crippen molar-refractivity contribution in [1.29, 1.82) is 0 Å². The average Bonchev–Trinajstić information content (AvgIpc) is 3.22. The van der Waals surface area contributed by atoms with Gasteiger partial charge in [-0.25, -0.2) is 9.78 Å². The first-order valence-corrected chi connectivity index (χ1v) is 12.5. The number of hydrogen-bond donors (Lipinski definition) is 1. The van der Waals surface area contributed by atoms with Crippen molar-refractivity contribution in [3.8, 4) is 11.3 Å². The molecule has 0 aliphatic heterocycles. The van der Waals surface area contributed by atoms with Crippen LogP contribution in [0.25, 0.3) is 33.3 Å². The highest BCUT2D eigenvalue weighted by Crippen LogP contribution is 2.32. The minimum Gasteiger partial charge on any atom is -0.456 e. The van der Waals surface area contributed by atoms with Gasteiger partial charge in [0.25, 0.3) is 0 Å². The number of ether oxygens (including phenoxy) is 1. The average molecular weight is 511 g/mol. The van der Waals surface area contributed by atoms with Crippen LogP contribution in [0.5, 0.6) is 0 Å². The molecule has 0 fully saturated rings. The molecule has 5 rings (SSSR count). The molecule has 3 heterocycles. The van der Waals surface area contributed by atoms with Gasteiger partial charge in [0.2, 0.25) is 0 Å². The zero-order chi connectivity index (χ0) is 27.2. The third-order valence-electron chi connectivity index (χ3n) is 6.14. The van der Waals surface area contributed by atoms with Gasteiger partial charge in [0, 0.05) is 47.7 Å². The van der Waals surface area contributed by atoms with Crippen LogP contribution in [0, 0.1) is 6.92 Å². The first-order chi connectivity index (χ1) is 18.0. The van der Waals surface area contributed by atoms with Crippen LogP contribution in [0.4, 0.5) is 5.69 Å². The molecule has 0 amide bonds. The first kappa shape index (κ1) is 25.2. The predicted octanol–water partition coefficient (Wildman–Crippen LogP) is 6.18. The molecule has 0 saturated carbocycles. The fourth-order valence-electron chi connectivity index (χ4n) is 4.50. The van der Waals surface area contributed by atoms with Crippen molar-refractivity contribution in [2.75, 3.05) is 5.32 Å². The van der Waals surface area contributed by atoms with Gasteiger partial charge in [-0.05, 0) is 64.4 Å². The van der Waals surface area contributed by atoms with Crippen LogP contribution in [0.1, 0.15) is 55.2 Å². The third-order valence-corrected chi connectivity index (χ3v) is 6.14. The number of rotatable bonds is 5. The van der Waals surface area contributed by atoms with Gasteiger partial charge in [-0.3, -0.25) is 9.48 Å². The smallest absolute Gasteiger partial charge is 0.340 e. The van der Waals surface area contributed by atoms with E-state index in [9.17, 15) is 9.59 Å². The van der Waals surface area contributed by atoms with Gasteiger partial charge in [-0.1, -0.05) is 18.2 Å². The maximum absolute atomic E-state index is 13.2. The second kappa shape index (κ2) is 9.45. The van der Waals surface area contributed by atoms with E-state index in [-0.39, 0.29) is 11.5 Å². The Morgan fingerprint density at radius 1 is 1.13 bits per heavy atom. The standard InChI is InChI=1S/C30H30N4O4/c1-17-11-22(18(2)32-24-10-8-7-9-21(24)29(36)38-30(3,4)5)27-23(12-17)25(35)14-26(37-27)19-13-20-16-34(6)33-28(20)31-15-19/h7-16,18,32H,1-6H3. The summed E-state index contributed by atoms with van der Waals surface area (Å²) in [5.41, 5.74) is 3.84. The molecule has 0 radical (unpaired) electrons. The van der Waals surface area contributed by atoms with E-state index in [1.807, 2.05) is 78.2 Å². The second-order valence-electron chi connectivity index (χ2n) is 10.6. The third kappa shape index (κ3) is 5.02. The lowest BCUT2D eigenvalue weighted by atomic mass is 10.00. The van der Waals surface area contributed by atoms with Crippen LogP contribution in [-0.2, 0) is 11.8 Å². The summed E-state index contributed by atoms with van der Waals surface area (Å²) in [4.78, 5) is 30.5. The molecule has 0 bridgehead atoms. The number of benzene rings is 2. The Morgan fingerprint density at radius 2 is 1.89 bits per heavy atom. The number of nitrogens with one attached hydrogen (secondary N) is 1. The molecule has 1 atom stereocenters. The Balaban J connectivity index is 1.57. The summed E-state index contributed by atoms with van der Waals surface area (Å²) < 4.78 is 13.7. The Morgan fingerprint density at radius 3 is 2.66 bits per heavy atom. The summed E-state index contributed by atoms with van der Waals surface area (Å²) in [6.07, 6.45) is 3.53. The molecular formula is C30H30N4O4. The van der Waals surface area contributed by atoms with E-state index >= 15 is 0 Å². The van der Waals surface area contributed by atoms with Crippen molar-refractivity contribution in [2.24, 2.45) is 7.05 Å². The number of carbonyl (C=O) groups is 1. The summed E-state index contributed by atoms with van der Waals surface area (Å²) in [6, 6.07) is 14.2. The Bertz CT molecular complexity index is 1740. The van der Waals surface area contributed by atoms with Crippen LogP contribution < -0.4 is 10.7 Å². The van der Waals surface area contributed by atoms with E-state index in [2.05, 4.69) is 15.4 Å². The maximum Gasteiger partial charge on any atom is 0.340 e. The monoisotopic (exact) mass is 510 g/mol. The van der Waals surface area contributed by atoms with E-state index in [1.54, 1.807) is 23.0 Å². The molecule has 3 aromatic heterocycles. The van der Waals surface area contributed by atoms with E-state index in [0.29, 0.717) is 39.2 Å². The number of fused-ring (bicyclic) bond motifs is 2. The lowest BCUT2D eigenvalue weighted by Gasteiger charge is -2.22. The molecule has 0 aliphatic carbocycles. The highest BCUT2D eigenvalue weighted by molar-refractivity contribution is 5.96. The molecular weight excluding hydrogens is 480 g/mol. The molecule has 5 aromatic rings. The number of esters is 1. The summed E-state index contributed by atoms with van der Waals surface area (Å²) >= 11 is 0. The quantitative estimate of drug-likeness (QED) is 0.282. The lowest BCUT2D eigenvalue weighted by Crippen LogP contribution is -2.24. The molecule has 1 N–H and O–H groups in total. The molecule has 0 spiro atoms. The number of carbonyl (C=O) groups excluding carboxylic acids is 1. The molecule has 194 valence electrons. The topological polar surface area (TPSA) is 99.2 Å². The fraction of sp³-hybridized carbons (Fsp3) is 0.267. The SMILES string of the molecule is Cc1cc(C(C)Nc2ccccc2C(=O)OC(C)(C)C)c2oc(-c3cnc4nn(C)cc4c3)cc(=O)c2c1. The molecule has 0 saturated heterocycles. The van der Waals surface area contributed by atoms with Gasteiger partial charge in [0.05, 0.1) is 17.0 Å². The number of anilines is 1. The molecule has 2 aromatic carbocycles. The Labute approximate surface area is 220 Å². The normalized spacial score (nSPS) is 12.6. The second-order valence-corrected chi connectivity index (χ2v) is 10.6. The number of pyridine rings is 1. The van der Waals surface area contributed by atoms with E-state index in [4.69, 9.17) is 9.15 Å². The van der Waals surface area contributed by atoms with Crippen molar-refractivity contribution in [2.45, 2.75) is 46.3 Å². The largest absolute Gasteiger partial charge is 0.456 e. The van der Waals surface area contributed by atoms with Crippen molar-refractivity contribution < 1.29 is 13.9 Å². The summed E-state index contributed by atoms with van der Waals surface area (Å²) in [7, 11) is 1.83. The highest BCUT2D eigenvalue weighted by atomic mass is 16.6. The maximum atomic E-state index is 13.2. The minimum atomic E-state index is -0.615. The minimum absolute atomic E-state index is 0.140. The molecule has 0 aliphatic rings. The van der Waals surface area contributed by atoms with Crippen LogP contribution in [-0.4, -0.2) is 26.3 Å². The summed E-state index contributed by atoms with van der Waals surface area (Å²) in [5, 5.41) is 9.09. The van der Waals surface area contributed by atoms with Crippen LogP contribution >= 0.6 is 0 Å². The number of hydrogen-bond acceptors (Lipinski definition) is 7. The number of aryl methyl sites for hydroxylation is 2. The Kier molecular flexibility index (Phi) is 6.26. The van der Waals surface area contributed by atoms with Crippen molar-refractivity contribution >= 4 is 33.7 Å². The van der Waals surface area contributed by atoms with Crippen molar-refractivity contribution in [1.82, 2.24) is 14.8 Å².